The Bertz CT molecular complexity index is 606. The Hall–Kier alpha value is -1.78. The number of benzene rings is 2. The number of rotatable bonds is 5. The van der Waals surface area contributed by atoms with Crippen molar-refractivity contribution < 1.29 is 8.78 Å². The number of halogens is 2. The van der Waals surface area contributed by atoms with Gasteiger partial charge < -0.3 is 0 Å². The fourth-order valence-electron chi connectivity index (χ4n) is 2.58. The first-order valence-corrected chi connectivity index (χ1v) is 6.97. The summed E-state index contributed by atoms with van der Waals surface area (Å²) in [7, 11) is 0. The van der Waals surface area contributed by atoms with Gasteiger partial charge in [-0.05, 0) is 55.0 Å². The van der Waals surface area contributed by atoms with Gasteiger partial charge in [0.15, 0.2) is 11.6 Å². The molecule has 2 aromatic rings. The van der Waals surface area contributed by atoms with Crippen molar-refractivity contribution in [1.29, 1.82) is 0 Å². The number of nitrogens with two attached hydrogens (primary N) is 1. The Balaban J connectivity index is 2.19. The van der Waals surface area contributed by atoms with Crippen LogP contribution in [0.4, 0.5) is 8.78 Å². The molecule has 21 heavy (non-hydrogen) atoms. The fourth-order valence-corrected chi connectivity index (χ4v) is 2.58. The van der Waals surface area contributed by atoms with Gasteiger partial charge in [-0.15, -0.1) is 0 Å². The van der Waals surface area contributed by atoms with Crippen LogP contribution < -0.4 is 11.3 Å². The predicted molar refractivity (Wildman–Crippen MR) is 80.8 cm³/mol. The first-order valence-electron chi connectivity index (χ1n) is 6.97. The number of hydrazine groups is 1. The van der Waals surface area contributed by atoms with Crippen LogP contribution >= 0.6 is 0 Å². The third-order valence-corrected chi connectivity index (χ3v) is 3.83. The molecule has 4 heteroatoms. The van der Waals surface area contributed by atoms with Gasteiger partial charge in [-0.1, -0.05) is 30.3 Å². The van der Waals surface area contributed by atoms with E-state index in [1.54, 1.807) is 6.07 Å². The second-order valence-corrected chi connectivity index (χ2v) is 5.36. The van der Waals surface area contributed by atoms with Crippen LogP contribution in [-0.4, -0.2) is 6.04 Å². The van der Waals surface area contributed by atoms with E-state index in [1.165, 1.54) is 22.8 Å². The van der Waals surface area contributed by atoms with E-state index < -0.39 is 11.6 Å². The van der Waals surface area contributed by atoms with E-state index in [0.717, 1.165) is 6.07 Å². The lowest BCUT2D eigenvalue weighted by molar-refractivity contribution is 0.473. The predicted octanol–water partition coefficient (Wildman–Crippen LogP) is 3.20. The van der Waals surface area contributed by atoms with Gasteiger partial charge in [-0.3, -0.25) is 11.3 Å². The first-order chi connectivity index (χ1) is 10.0. The molecule has 0 aromatic heterocycles. The van der Waals surface area contributed by atoms with Crippen molar-refractivity contribution in [1.82, 2.24) is 5.43 Å². The van der Waals surface area contributed by atoms with E-state index in [2.05, 4.69) is 5.43 Å². The Labute approximate surface area is 124 Å². The molecule has 2 rings (SSSR count). The number of aryl methyl sites for hydroxylation is 2. The lowest BCUT2D eigenvalue weighted by Gasteiger charge is -2.19. The van der Waals surface area contributed by atoms with Crippen LogP contribution in [0.25, 0.3) is 0 Å². The summed E-state index contributed by atoms with van der Waals surface area (Å²) in [6, 6.07) is 10.2. The summed E-state index contributed by atoms with van der Waals surface area (Å²) in [5, 5.41) is 0. The molecule has 0 bridgehead atoms. The van der Waals surface area contributed by atoms with Crippen molar-refractivity contribution in [3.8, 4) is 0 Å². The molecule has 0 spiro atoms. The van der Waals surface area contributed by atoms with Crippen LogP contribution in [0.2, 0.25) is 0 Å². The summed E-state index contributed by atoms with van der Waals surface area (Å²) in [6.07, 6.45) is 1.01. The van der Waals surface area contributed by atoms with Gasteiger partial charge in [0.05, 0.1) is 0 Å². The molecule has 112 valence electrons. The monoisotopic (exact) mass is 290 g/mol. The number of hydrogen-bond acceptors (Lipinski definition) is 2. The van der Waals surface area contributed by atoms with Crippen molar-refractivity contribution in [2.75, 3.05) is 0 Å². The molecule has 0 aliphatic rings. The van der Waals surface area contributed by atoms with Crippen LogP contribution in [-0.2, 0) is 12.8 Å². The third-order valence-electron chi connectivity index (χ3n) is 3.83. The second kappa shape index (κ2) is 6.78. The average molecular weight is 290 g/mol. The highest BCUT2D eigenvalue weighted by Gasteiger charge is 2.15. The summed E-state index contributed by atoms with van der Waals surface area (Å²) in [5.41, 5.74) is 6.59. The molecular weight excluding hydrogens is 270 g/mol. The molecule has 0 saturated heterocycles. The molecule has 0 aliphatic carbocycles. The Morgan fingerprint density at radius 3 is 2.24 bits per heavy atom. The van der Waals surface area contributed by atoms with Crippen LogP contribution in [0.3, 0.4) is 0 Å². The molecule has 0 saturated carbocycles. The lowest BCUT2D eigenvalue weighted by Crippen LogP contribution is -2.39. The van der Waals surface area contributed by atoms with E-state index in [9.17, 15) is 8.78 Å². The largest absolute Gasteiger partial charge is 0.271 e. The van der Waals surface area contributed by atoms with Gasteiger partial charge in [0, 0.05) is 6.04 Å². The zero-order valence-corrected chi connectivity index (χ0v) is 12.3. The van der Waals surface area contributed by atoms with Crippen LogP contribution in [0.5, 0.6) is 0 Å². The minimum atomic E-state index is -0.824. The summed E-state index contributed by atoms with van der Waals surface area (Å²) in [5.74, 6) is 3.97. The van der Waals surface area contributed by atoms with E-state index in [0.29, 0.717) is 18.4 Å². The minimum absolute atomic E-state index is 0.152. The summed E-state index contributed by atoms with van der Waals surface area (Å²) < 4.78 is 27.0. The topological polar surface area (TPSA) is 38.0 Å². The average Bonchev–Trinajstić information content (AvgIpc) is 2.46. The molecule has 1 atom stereocenters. The minimum Gasteiger partial charge on any atom is -0.271 e. The van der Waals surface area contributed by atoms with Gasteiger partial charge in [0.25, 0.3) is 0 Å². The van der Waals surface area contributed by atoms with Gasteiger partial charge in [-0.25, -0.2) is 8.78 Å². The van der Waals surface area contributed by atoms with Gasteiger partial charge in [-0.2, -0.15) is 0 Å². The normalized spacial score (nSPS) is 12.4. The molecule has 0 radical (unpaired) electrons. The van der Waals surface area contributed by atoms with E-state index in [4.69, 9.17) is 5.84 Å². The molecule has 2 aromatic carbocycles. The Morgan fingerprint density at radius 2 is 1.62 bits per heavy atom. The lowest BCUT2D eigenvalue weighted by atomic mass is 9.93. The highest BCUT2D eigenvalue weighted by Crippen LogP contribution is 2.18. The third kappa shape index (κ3) is 3.65. The van der Waals surface area contributed by atoms with Crippen LogP contribution in [0.15, 0.2) is 36.4 Å². The molecule has 1 unspecified atom stereocenters. The van der Waals surface area contributed by atoms with Crippen LogP contribution in [0.1, 0.15) is 22.3 Å². The zero-order chi connectivity index (χ0) is 15.4. The molecule has 0 aliphatic heterocycles. The van der Waals surface area contributed by atoms with Gasteiger partial charge >= 0.3 is 0 Å². The summed E-state index contributed by atoms with van der Waals surface area (Å²) in [4.78, 5) is 0. The molecule has 0 amide bonds. The maximum absolute atomic E-state index is 13.8. The SMILES string of the molecule is Cc1cccc(C)c1CC(Cc1cccc(F)c1F)NN. The highest BCUT2D eigenvalue weighted by atomic mass is 19.2. The zero-order valence-electron chi connectivity index (χ0n) is 12.3. The van der Waals surface area contributed by atoms with Crippen molar-refractivity contribution in [3.63, 3.8) is 0 Å². The maximum Gasteiger partial charge on any atom is 0.162 e. The van der Waals surface area contributed by atoms with E-state index >= 15 is 0 Å². The number of hydrogen-bond donors (Lipinski definition) is 2. The van der Waals surface area contributed by atoms with Crippen molar-refractivity contribution >= 4 is 0 Å². The molecule has 0 fully saturated rings. The van der Waals surface area contributed by atoms with E-state index in [-0.39, 0.29) is 6.04 Å². The summed E-state index contributed by atoms with van der Waals surface area (Å²) in [6.45, 7) is 4.08. The maximum atomic E-state index is 13.8. The van der Waals surface area contributed by atoms with Crippen molar-refractivity contribution in [2.24, 2.45) is 5.84 Å². The van der Waals surface area contributed by atoms with Gasteiger partial charge in [0.1, 0.15) is 0 Å². The van der Waals surface area contributed by atoms with Gasteiger partial charge in [0.2, 0.25) is 0 Å². The molecular formula is C17H20F2N2. The molecule has 3 N–H and O–H groups in total. The highest BCUT2D eigenvalue weighted by molar-refractivity contribution is 5.34. The second-order valence-electron chi connectivity index (χ2n) is 5.36. The standard InChI is InChI=1S/C17H20F2N2/c1-11-5-3-6-12(2)15(11)10-14(21-20)9-13-7-4-8-16(18)17(13)19/h3-8,14,21H,9-10,20H2,1-2H3. The molecule has 2 nitrogen and oxygen atoms in total. The molecule has 0 heterocycles. The van der Waals surface area contributed by atoms with Crippen molar-refractivity contribution in [2.45, 2.75) is 32.7 Å². The Morgan fingerprint density at radius 1 is 1.00 bits per heavy atom. The fraction of sp³-hybridized carbons (Fsp3) is 0.294. The van der Waals surface area contributed by atoms with E-state index in [1.807, 2.05) is 32.0 Å². The smallest absolute Gasteiger partial charge is 0.162 e. The Kier molecular flexibility index (Phi) is 5.04. The van der Waals surface area contributed by atoms with Crippen molar-refractivity contribution in [3.05, 3.63) is 70.3 Å². The van der Waals surface area contributed by atoms with Crippen LogP contribution in [0, 0.1) is 25.5 Å². The summed E-state index contributed by atoms with van der Waals surface area (Å²) >= 11 is 0. The number of nitrogens with one attached hydrogen (secondary N) is 1. The quantitative estimate of drug-likeness (QED) is 0.655. The first kappa shape index (κ1) is 15.6.